The largest absolute Gasteiger partial charge is 0.392 e. The Kier molecular flexibility index (Phi) is 2.86. The van der Waals surface area contributed by atoms with Crippen LogP contribution in [0.2, 0.25) is 0 Å². The third-order valence-electron chi connectivity index (χ3n) is 2.04. The normalized spacial score (nSPS) is 11.0. The summed E-state index contributed by atoms with van der Waals surface area (Å²) in [6.45, 7) is -0.486. The van der Waals surface area contributed by atoms with E-state index in [0.717, 1.165) is 4.68 Å². The van der Waals surface area contributed by atoms with Crippen LogP contribution in [-0.2, 0) is 6.61 Å². The van der Waals surface area contributed by atoms with Crippen LogP contribution in [-0.4, -0.2) is 25.1 Å². The van der Waals surface area contributed by atoms with Gasteiger partial charge in [0, 0.05) is 11.8 Å². The monoisotopic (exact) mass is 226 g/mol. The fourth-order valence-corrected chi connectivity index (χ4v) is 1.34. The second-order valence-electron chi connectivity index (χ2n) is 3.01. The van der Waals surface area contributed by atoms with Crippen LogP contribution in [0.1, 0.15) is 17.7 Å². The molecular weight excluding hydrogens is 218 g/mol. The quantitative estimate of drug-likeness (QED) is 0.850. The third kappa shape index (κ3) is 1.76. The lowest BCUT2D eigenvalue weighted by molar-refractivity contribution is 0.138. The number of aliphatic hydroxyl groups excluding tert-OH is 1. The zero-order valence-corrected chi connectivity index (χ0v) is 8.09. The average Bonchev–Trinajstić information content (AvgIpc) is 2.73. The van der Waals surface area contributed by atoms with Gasteiger partial charge in [0.25, 0.3) is 6.43 Å². The molecule has 0 fully saturated rings. The van der Waals surface area contributed by atoms with E-state index in [4.69, 9.17) is 5.11 Å². The van der Waals surface area contributed by atoms with Crippen LogP contribution < -0.4 is 0 Å². The maximum Gasteiger partial charge on any atom is 0.280 e. The molecule has 2 heterocycles. The lowest BCUT2D eigenvalue weighted by Crippen LogP contribution is -2.06. The Morgan fingerprint density at radius 3 is 2.81 bits per heavy atom. The molecule has 0 aliphatic carbocycles. The fraction of sp³-hybridized carbons (Fsp3) is 0.222. The first kappa shape index (κ1) is 10.6. The summed E-state index contributed by atoms with van der Waals surface area (Å²) in [5.74, 6) is 0.192. The van der Waals surface area contributed by atoms with Crippen LogP contribution in [0.25, 0.3) is 5.82 Å². The van der Waals surface area contributed by atoms with E-state index in [-0.39, 0.29) is 17.1 Å². The second kappa shape index (κ2) is 4.31. The number of nitrogens with zero attached hydrogens (tertiary/aromatic N) is 4. The summed E-state index contributed by atoms with van der Waals surface area (Å²) in [5, 5.41) is 19.9. The number of aromatic nitrogens is 4. The van der Waals surface area contributed by atoms with Gasteiger partial charge in [0.05, 0.1) is 12.8 Å². The molecule has 2 aromatic heterocycles. The van der Waals surface area contributed by atoms with Gasteiger partial charge in [-0.15, -0.1) is 5.10 Å². The molecule has 0 spiro atoms. The van der Waals surface area contributed by atoms with Gasteiger partial charge in [0.1, 0.15) is 5.69 Å². The molecule has 0 amide bonds. The van der Waals surface area contributed by atoms with E-state index in [9.17, 15) is 8.78 Å². The van der Waals surface area contributed by atoms with Crippen molar-refractivity contribution < 1.29 is 13.9 Å². The summed E-state index contributed by atoms with van der Waals surface area (Å²) in [6, 6.07) is 3.07. The number of hydrogen-bond donors (Lipinski definition) is 1. The lowest BCUT2D eigenvalue weighted by Gasteiger charge is -2.05. The minimum atomic E-state index is -2.73. The van der Waals surface area contributed by atoms with Crippen molar-refractivity contribution in [1.29, 1.82) is 0 Å². The standard InChI is InChI=1S/C9H8F2N4O/c10-9(11)8-6(5-16)4-13-15(8)7-2-1-3-12-14-7/h1-4,9,16H,5H2. The van der Waals surface area contributed by atoms with Crippen LogP contribution in [0.5, 0.6) is 0 Å². The van der Waals surface area contributed by atoms with Crippen molar-refractivity contribution in [2.24, 2.45) is 0 Å². The molecule has 7 heteroatoms. The highest BCUT2D eigenvalue weighted by Gasteiger charge is 2.20. The van der Waals surface area contributed by atoms with Crippen LogP contribution in [0.15, 0.2) is 24.5 Å². The van der Waals surface area contributed by atoms with E-state index < -0.39 is 13.0 Å². The summed E-state index contributed by atoms with van der Waals surface area (Å²) in [4.78, 5) is 0. The summed E-state index contributed by atoms with van der Waals surface area (Å²) in [5.41, 5.74) is -0.274. The third-order valence-corrected chi connectivity index (χ3v) is 2.04. The van der Waals surface area contributed by atoms with E-state index in [0.29, 0.717) is 0 Å². The fourth-order valence-electron chi connectivity index (χ4n) is 1.34. The van der Waals surface area contributed by atoms with Crippen molar-refractivity contribution in [1.82, 2.24) is 20.0 Å². The summed E-state index contributed by atoms with van der Waals surface area (Å²) < 4.78 is 26.5. The molecule has 0 aromatic carbocycles. The molecule has 0 saturated carbocycles. The number of aliphatic hydroxyl groups is 1. The molecule has 84 valence electrons. The lowest BCUT2D eigenvalue weighted by atomic mass is 10.2. The van der Waals surface area contributed by atoms with Gasteiger partial charge in [-0.2, -0.15) is 10.2 Å². The van der Waals surface area contributed by atoms with Gasteiger partial charge in [0.2, 0.25) is 0 Å². The highest BCUT2D eigenvalue weighted by atomic mass is 19.3. The number of alkyl halides is 2. The van der Waals surface area contributed by atoms with Crippen molar-refractivity contribution in [3.05, 3.63) is 35.8 Å². The minimum Gasteiger partial charge on any atom is -0.392 e. The van der Waals surface area contributed by atoms with Gasteiger partial charge in [-0.05, 0) is 12.1 Å². The highest BCUT2D eigenvalue weighted by Crippen LogP contribution is 2.24. The first-order chi connectivity index (χ1) is 7.74. The predicted octanol–water partition coefficient (Wildman–Crippen LogP) is 1.09. The van der Waals surface area contributed by atoms with Crippen LogP contribution in [0.3, 0.4) is 0 Å². The summed E-state index contributed by atoms with van der Waals surface area (Å²) in [6.07, 6.45) is -0.107. The zero-order chi connectivity index (χ0) is 11.5. The predicted molar refractivity (Wildman–Crippen MR) is 50.0 cm³/mol. The van der Waals surface area contributed by atoms with Gasteiger partial charge in [-0.25, -0.2) is 13.5 Å². The second-order valence-corrected chi connectivity index (χ2v) is 3.01. The molecular formula is C9H8F2N4O. The molecule has 0 aliphatic heterocycles. The summed E-state index contributed by atoms with van der Waals surface area (Å²) >= 11 is 0. The van der Waals surface area contributed by atoms with E-state index in [1.54, 1.807) is 6.07 Å². The number of rotatable bonds is 3. The Bertz CT molecular complexity index is 472. The van der Waals surface area contributed by atoms with E-state index in [1.807, 2.05) is 0 Å². The summed E-state index contributed by atoms with van der Waals surface area (Å²) in [7, 11) is 0. The molecule has 2 rings (SSSR count). The SMILES string of the molecule is OCc1cnn(-c2cccnn2)c1C(F)F. The molecule has 2 aromatic rings. The molecule has 0 atom stereocenters. The van der Waals surface area contributed by atoms with Gasteiger partial charge in [-0.3, -0.25) is 0 Å². The van der Waals surface area contributed by atoms with Crippen LogP contribution >= 0.6 is 0 Å². The zero-order valence-electron chi connectivity index (χ0n) is 8.09. The van der Waals surface area contributed by atoms with Gasteiger partial charge in [-0.1, -0.05) is 0 Å². The molecule has 0 radical (unpaired) electrons. The van der Waals surface area contributed by atoms with Crippen molar-refractivity contribution in [3.8, 4) is 5.82 Å². The molecule has 1 N–H and O–H groups in total. The molecule has 0 aliphatic rings. The first-order valence-electron chi connectivity index (χ1n) is 4.48. The Morgan fingerprint density at radius 2 is 2.25 bits per heavy atom. The first-order valence-corrected chi connectivity index (χ1v) is 4.48. The smallest absolute Gasteiger partial charge is 0.280 e. The van der Waals surface area contributed by atoms with Crippen LogP contribution in [0.4, 0.5) is 8.78 Å². The molecule has 0 saturated heterocycles. The van der Waals surface area contributed by atoms with Crippen molar-refractivity contribution in [3.63, 3.8) is 0 Å². The Morgan fingerprint density at radius 1 is 1.44 bits per heavy atom. The highest BCUT2D eigenvalue weighted by molar-refractivity contribution is 5.28. The Hall–Kier alpha value is -1.89. The van der Waals surface area contributed by atoms with E-state index in [1.165, 1.54) is 18.5 Å². The van der Waals surface area contributed by atoms with Gasteiger partial charge in [0.15, 0.2) is 5.82 Å². The molecule has 0 bridgehead atoms. The van der Waals surface area contributed by atoms with Gasteiger partial charge >= 0.3 is 0 Å². The number of halogens is 2. The maximum atomic E-state index is 12.8. The maximum absolute atomic E-state index is 12.8. The van der Waals surface area contributed by atoms with Crippen molar-refractivity contribution in [2.75, 3.05) is 0 Å². The topological polar surface area (TPSA) is 63.8 Å². The van der Waals surface area contributed by atoms with Crippen molar-refractivity contribution in [2.45, 2.75) is 13.0 Å². The van der Waals surface area contributed by atoms with Crippen LogP contribution in [0, 0.1) is 0 Å². The molecule has 16 heavy (non-hydrogen) atoms. The van der Waals surface area contributed by atoms with Crippen molar-refractivity contribution >= 4 is 0 Å². The molecule has 0 unspecified atom stereocenters. The Balaban J connectivity index is 2.53. The molecule has 5 nitrogen and oxygen atoms in total. The van der Waals surface area contributed by atoms with E-state index >= 15 is 0 Å². The van der Waals surface area contributed by atoms with E-state index in [2.05, 4.69) is 15.3 Å². The average molecular weight is 226 g/mol. The Labute approximate surface area is 89.4 Å². The van der Waals surface area contributed by atoms with Gasteiger partial charge < -0.3 is 5.11 Å². The minimum absolute atomic E-state index is 0.0839. The number of hydrogen-bond acceptors (Lipinski definition) is 4.